The lowest BCUT2D eigenvalue weighted by Crippen LogP contribution is -2.80. The van der Waals surface area contributed by atoms with Crippen LogP contribution in [0.3, 0.4) is 0 Å². The molecule has 2 bridgehead atoms. The van der Waals surface area contributed by atoms with Crippen molar-refractivity contribution in [1.82, 2.24) is 5.01 Å². The van der Waals surface area contributed by atoms with E-state index in [0.717, 1.165) is 19.3 Å². The highest BCUT2D eigenvalue weighted by atomic mass is 16.6. The van der Waals surface area contributed by atoms with Crippen molar-refractivity contribution in [3.05, 3.63) is 0 Å². The van der Waals surface area contributed by atoms with Crippen LogP contribution in [0, 0.1) is 10.8 Å². The molecule has 2 N–H and O–H groups in total. The van der Waals surface area contributed by atoms with Crippen LogP contribution in [-0.4, -0.2) is 22.2 Å². The van der Waals surface area contributed by atoms with E-state index in [4.69, 9.17) is 10.6 Å². The highest BCUT2D eigenvalue weighted by Gasteiger charge is 2.74. The monoisotopic (exact) mass is 254 g/mol. The molecule has 3 fully saturated rings. The van der Waals surface area contributed by atoms with Gasteiger partial charge >= 0.3 is 6.09 Å². The Balaban J connectivity index is 1.96. The second-order valence-electron chi connectivity index (χ2n) is 8.14. The molecule has 0 aromatic carbocycles. The number of hydrogen-bond acceptors (Lipinski definition) is 3. The Morgan fingerprint density at radius 2 is 1.56 bits per heavy atom. The predicted octanol–water partition coefficient (Wildman–Crippen LogP) is 3.07. The van der Waals surface area contributed by atoms with E-state index >= 15 is 0 Å². The van der Waals surface area contributed by atoms with E-state index in [1.54, 1.807) is 0 Å². The number of amides is 1. The second-order valence-corrected chi connectivity index (χ2v) is 8.14. The van der Waals surface area contributed by atoms with Gasteiger partial charge in [-0.15, -0.1) is 0 Å². The van der Waals surface area contributed by atoms with Crippen molar-refractivity contribution in [3.8, 4) is 0 Å². The number of ether oxygens (including phenoxy) is 1. The molecule has 18 heavy (non-hydrogen) atoms. The lowest BCUT2D eigenvalue weighted by atomic mass is 9.32. The Labute approximate surface area is 110 Å². The summed E-state index contributed by atoms with van der Waals surface area (Å²) in [6.07, 6.45) is 2.64. The lowest BCUT2D eigenvalue weighted by molar-refractivity contribution is -0.260. The van der Waals surface area contributed by atoms with E-state index in [1.807, 2.05) is 20.8 Å². The predicted molar refractivity (Wildman–Crippen MR) is 70.7 cm³/mol. The summed E-state index contributed by atoms with van der Waals surface area (Å²) in [5.74, 6) is 5.96. The number of rotatable bonds is 1. The topological polar surface area (TPSA) is 55.6 Å². The summed E-state index contributed by atoms with van der Waals surface area (Å²) in [6, 6.07) is 0. The van der Waals surface area contributed by atoms with Crippen molar-refractivity contribution >= 4 is 6.09 Å². The molecule has 0 unspecified atom stereocenters. The van der Waals surface area contributed by atoms with Gasteiger partial charge in [0, 0.05) is 0 Å². The van der Waals surface area contributed by atoms with E-state index in [0.29, 0.717) is 10.8 Å². The average Bonchev–Trinajstić information content (AvgIpc) is 1.91. The maximum atomic E-state index is 12.0. The van der Waals surface area contributed by atoms with Crippen molar-refractivity contribution in [1.29, 1.82) is 0 Å². The fraction of sp³-hybridized carbons (Fsp3) is 0.929. The first-order valence-corrected chi connectivity index (χ1v) is 6.69. The fourth-order valence-electron chi connectivity index (χ4n) is 3.29. The van der Waals surface area contributed by atoms with Crippen LogP contribution in [0.2, 0.25) is 0 Å². The SMILES string of the molecule is CC(C)(C)OC(=O)N(N)C12CC(C(C)(C)C)(C1)C2. The van der Waals surface area contributed by atoms with Crippen LogP contribution < -0.4 is 5.84 Å². The van der Waals surface area contributed by atoms with Gasteiger partial charge in [-0.05, 0) is 50.9 Å². The third-order valence-corrected chi connectivity index (χ3v) is 4.69. The molecule has 0 spiro atoms. The van der Waals surface area contributed by atoms with Crippen molar-refractivity contribution in [3.63, 3.8) is 0 Å². The highest BCUT2D eigenvalue weighted by molar-refractivity contribution is 5.69. The largest absolute Gasteiger partial charge is 0.443 e. The molecule has 1 amide bonds. The van der Waals surface area contributed by atoms with Gasteiger partial charge in [-0.25, -0.2) is 15.6 Å². The molecular weight excluding hydrogens is 228 g/mol. The molecule has 0 aliphatic heterocycles. The van der Waals surface area contributed by atoms with E-state index < -0.39 is 11.7 Å². The van der Waals surface area contributed by atoms with Gasteiger partial charge in [-0.1, -0.05) is 20.8 Å². The van der Waals surface area contributed by atoms with Crippen LogP contribution in [0.1, 0.15) is 60.8 Å². The Bertz CT molecular complexity index is 356. The summed E-state index contributed by atoms with van der Waals surface area (Å²) in [4.78, 5) is 12.0. The zero-order chi connectivity index (χ0) is 14.0. The van der Waals surface area contributed by atoms with Crippen LogP contribution in [0.25, 0.3) is 0 Å². The molecule has 104 valence electrons. The second kappa shape index (κ2) is 3.41. The average molecular weight is 254 g/mol. The van der Waals surface area contributed by atoms with Gasteiger partial charge in [0.1, 0.15) is 5.60 Å². The summed E-state index contributed by atoms with van der Waals surface area (Å²) < 4.78 is 5.33. The molecule has 0 radical (unpaired) electrons. The molecule has 0 saturated heterocycles. The van der Waals surface area contributed by atoms with Crippen molar-refractivity contribution in [2.75, 3.05) is 0 Å². The van der Waals surface area contributed by atoms with E-state index in [9.17, 15) is 4.79 Å². The summed E-state index contributed by atoms with van der Waals surface area (Å²) >= 11 is 0. The third-order valence-electron chi connectivity index (χ3n) is 4.69. The van der Waals surface area contributed by atoms with Gasteiger partial charge in [0.2, 0.25) is 0 Å². The summed E-state index contributed by atoms with van der Waals surface area (Å²) in [5.41, 5.74) is 0.0612. The normalized spacial score (nSPS) is 34.4. The fourth-order valence-corrected chi connectivity index (χ4v) is 3.29. The van der Waals surface area contributed by atoms with Crippen LogP contribution in [0.15, 0.2) is 0 Å². The van der Waals surface area contributed by atoms with Crippen molar-refractivity contribution < 1.29 is 9.53 Å². The highest BCUT2D eigenvalue weighted by Crippen LogP contribution is 2.75. The quantitative estimate of drug-likeness (QED) is 0.444. The molecule has 3 aliphatic rings. The van der Waals surface area contributed by atoms with Crippen LogP contribution in [0.4, 0.5) is 4.79 Å². The maximum Gasteiger partial charge on any atom is 0.425 e. The van der Waals surface area contributed by atoms with E-state index in [2.05, 4.69) is 20.8 Å². The number of nitrogens with two attached hydrogens (primary N) is 1. The Morgan fingerprint density at radius 1 is 1.11 bits per heavy atom. The standard InChI is InChI=1S/C14H26N2O2/c1-11(2,3)13-7-14(8-13,9-13)16(15)10(17)18-12(4,5)6/h7-9,15H2,1-6H3. The van der Waals surface area contributed by atoms with Crippen LogP contribution >= 0.6 is 0 Å². The first-order valence-electron chi connectivity index (χ1n) is 6.69. The Morgan fingerprint density at radius 3 is 1.89 bits per heavy atom. The minimum Gasteiger partial charge on any atom is -0.443 e. The van der Waals surface area contributed by atoms with Crippen molar-refractivity contribution in [2.45, 2.75) is 71.9 Å². The van der Waals surface area contributed by atoms with Gasteiger partial charge in [-0.2, -0.15) is 0 Å². The molecule has 3 rings (SSSR count). The number of carbonyl (C=O) groups excluding carboxylic acids is 1. The molecule has 0 heterocycles. The number of hydrogen-bond donors (Lipinski definition) is 1. The molecule has 0 aromatic rings. The summed E-state index contributed by atoms with van der Waals surface area (Å²) in [7, 11) is 0. The zero-order valence-electron chi connectivity index (χ0n) is 12.5. The van der Waals surface area contributed by atoms with E-state index in [-0.39, 0.29) is 5.54 Å². The van der Waals surface area contributed by atoms with Crippen molar-refractivity contribution in [2.24, 2.45) is 16.7 Å². The lowest BCUT2D eigenvalue weighted by Gasteiger charge is -2.76. The molecule has 3 aliphatic carbocycles. The molecule has 4 nitrogen and oxygen atoms in total. The minimum atomic E-state index is -0.486. The smallest absolute Gasteiger partial charge is 0.425 e. The molecule has 0 aromatic heterocycles. The number of hydrazine groups is 1. The van der Waals surface area contributed by atoms with E-state index in [1.165, 1.54) is 5.01 Å². The van der Waals surface area contributed by atoms with Crippen LogP contribution in [0.5, 0.6) is 0 Å². The first kappa shape index (κ1) is 13.7. The molecule has 4 heteroatoms. The third kappa shape index (κ3) is 1.81. The first-order chi connectivity index (χ1) is 7.91. The van der Waals surface area contributed by atoms with Gasteiger partial charge in [-0.3, -0.25) is 0 Å². The zero-order valence-corrected chi connectivity index (χ0v) is 12.5. The minimum absolute atomic E-state index is 0.129. The van der Waals surface area contributed by atoms with Gasteiger partial charge in [0.25, 0.3) is 0 Å². The molecule has 0 atom stereocenters. The van der Waals surface area contributed by atoms with Crippen LogP contribution in [-0.2, 0) is 4.74 Å². The maximum absolute atomic E-state index is 12.0. The molecular formula is C14H26N2O2. The summed E-state index contributed by atoms with van der Waals surface area (Å²) in [5, 5.41) is 1.34. The van der Waals surface area contributed by atoms with Gasteiger partial charge in [0.15, 0.2) is 0 Å². The number of carbonyl (C=O) groups is 1. The summed E-state index contributed by atoms with van der Waals surface area (Å²) in [6.45, 7) is 12.4. The van der Waals surface area contributed by atoms with Gasteiger partial charge < -0.3 is 4.74 Å². The molecule has 3 saturated carbocycles. The Hall–Kier alpha value is -0.770. The Kier molecular flexibility index (Phi) is 2.59. The number of nitrogens with zero attached hydrogens (tertiary/aromatic N) is 1. The van der Waals surface area contributed by atoms with Gasteiger partial charge in [0.05, 0.1) is 5.54 Å².